The number of hydrogen-bond donors (Lipinski definition) is 0. The molecule has 3 aromatic rings. The quantitative estimate of drug-likeness (QED) is 0.239. The van der Waals surface area contributed by atoms with Crippen molar-refractivity contribution in [2.75, 3.05) is 0 Å². The van der Waals surface area contributed by atoms with Gasteiger partial charge in [-0.3, -0.25) is 0 Å². The lowest BCUT2D eigenvalue weighted by Crippen LogP contribution is -1.95. The topological polar surface area (TPSA) is 33.0 Å². The standard InChI is InChI=1S/C22H15ClINO/c23-20-7-5-18(6-8-20)19(14-25)13-16-3-11-22(12-4-16)26-15-17-1-9-21(24)10-2-17/h1-13H,15H2/b19-13-. The lowest BCUT2D eigenvalue weighted by Gasteiger charge is -2.07. The molecule has 0 aromatic heterocycles. The summed E-state index contributed by atoms with van der Waals surface area (Å²) in [6.07, 6.45) is 1.85. The third kappa shape index (κ3) is 5.10. The number of hydrogen-bond acceptors (Lipinski definition) is 2. The first-order valence-electron chi connectivity index (χ1n) is 7.99. The Balaban J connectivity index is 1.69. The van der Waals surface area contributed by atoms with Gasteiger partial charge in [0.05, 0.1) is 11.6 Å². The average molecular weight is 472 g/mol. The molecule has 4 heteroatoms. The van der Waals surface area contributed by atoms with Crippen LogP contribution in [0.3, 0.4) is 0 Å². The lowest BCUT2D eigenvalue weighted by atomic mass is 10.0. The van der Waals surface area contributed by atoms with Crippen molar-refractivity contribution in [2.24, 2.45) is 0 Å². The van der Waals surface area contributed by atoms with Crippen molar-refractivity contribution in [1.29, 1.82) is 5.26 Å². The van der Waals surface area contributed by atoms with Gasteiger partial charge in [0, 0.05) is 8.59 Å². The fourth-order valence-corrected chi connectivity index (χ4v) is 2.87. The molecule has 0 heterocycles. The molecule has 0 aliphatic carbocycles. The molecule has 0 unspecified atom stereocenters. The lowest BCUT2D eigenvalue weighted by molar-refractivity contribution is 0.306. The molecule has 3 rings (SSSR count). The number of halogens is 2. The number of ether oxygens (including phenoxy) is 1. The van der Waals surface area contributed by atoms with Crippen LogP contribution in [-0.4, -0.2) is 0 Å². The van der Waals surface area contributed by atoms with Gasteiger partial charge in [0.1, 0.15) is 12.4 Å². The summed E-state index contributed by atoms with van der Waals surface area (Å²) in [6, 6.07) is 25.4. The maximum absolute atomic E-state index is 9.42. The Morgan fingerprint density at radius 1 is 0.962 bits per heavy atom. The Labute approximate surface area is 171 Å². The minimum absolute atomic E-state index is 0.528. The van der Waals surface area contributed by atoms with E-state index in [4.69, 9.17) is 16.3 Å². The molecule has 0 aliphatic heterocycles. The Hall–Kier alpha value is -2.29. The van der Waals surface area contributed by atoms with Crippen molar-refractivity contribution in [3.8, 4) is 11.8 Å². The maximum atomic E-state index is 9.42. The van der Waals surface area contributed by atoms with E-state index in [1.165, 1.54) is 3.57 Å². The SMILES string of the molecule is N#C/C(=C/c1ccc(OCc2ccc(I)cc2)cc1)c1ccc(Cl)cc1. The van der Waals surface area contributed by atoms with Crippen LogP contribution in [0.25, 0.3) is 11.6 Å². The van der Waals surface area contributed by atoms with Crippen LogP contribution in [0, 0.1) is 14.9 Å². The summed E-state index contributed by atoms with van der Waals surface area (Å²) in [5.41, 5.74) is 3.51. The van der Waals surface area contributed by atoms with Gasteiger partial charge in [0.15, 0.2) is 0 Å². The first kappa shape index (κ1) is 18.5. The van der Waals surface area contributed by atoms with Gasteiger partial charge in [0.25, 0.3) is 0 Å². The predicted molar refractivity (Wildman–Crippen MR) is 115 cm³/mol. The van der Waals surface area contributed by atoms with Crippen molar-refractivity contribution < 1.29 is 4.74 Å². The molecular weight excluding hydrogens is 457 g/mol. The zero-order valence-corrected chi connectivity index (χ0v) is 16.7. The van der Waals surface area contributed by atoms with E-state index in [9.17, 15) is 5.26 Å². The number of benzene rings is 3. The molecule has 0 radical (unpaired) electrons. The van der Waals surface area contributed by atoms with Gasteiger partial charge in [-0.25, -0.2) is 0 Å². The highest BCUT2D eigenvalue weighted by atomic mass is 127. The van der Waals surface area contributed by atoms with E-state index in [1.807, 2.05) is 42.5 Å². The molecule has 0 atom stereocenters. The molecule has 0 bridgehead atoms. The van der Waals surface area contributed by atoms with E-state index in [0.717, 1.165) is 22.4 Å². The molecule has 0 aliphatic rings. The van der Waals surface area contributed by atoms with Gasteiger partial charge in [-0.15, -0.1) is 0 Å². The van der Waals surface area contributed by atoms with Gasteiger partial charge >= 0.3 is 0 Å². The fourth-order valence-electron chi connectivity index (χ4n) is 2.38. The van der Waals surface area contributed by atoms with Crippen LogP contribution in [-0.2, 0) is 6.61 Å². The van der Waals surface area contributed by atoms with Crippen LogP contribution >= 0.6 is 34.2 Å². The molecule has 26 heavy (non-hydrogen) atoms. The Morgan fingerprint density at radius 2 is 1.62 bits per heavy atom. The zero-order chi connectivity index (χ0) is 18.4. The van der Waals surface area contributed by atoms with Crippen LogP contribution in [0.4, 0.5) is 0 Å². The zero-order valence-electron chi connectivity index (χ0n) is 13.8. The van der Waals surface area contributed by atoms with Crippen molar-refractivity contribution in [3.05, 3.63) is 98.1 Å². The van der Waals surface area contributed by atoms with E-state index >= 15 is 0 Å². The molecule has 128 valence electrons. The van der Waals surface area contributed by atoms with Gasteiger partial charge in [-0.1, -0.05) is 48.0 Å². The fraction of sp³-hybridized carbons (Fsp3) is 0.0455. The Morgan fingerprint density at radius 3 is 2.23 bits per heavy atom. The highest BCUT2D eigenvalue weighted by Crippen LogP contribution is 2.21. The monoisotopic (exact) mass is 471 g/mol. The van der Waals surface area contributed by atoms with Crippen molar-refractivity contribution >= 4 is 45.8 Å². The van der Waals surface area contributed by atoms with E-state index in [2.05, 4.69) is 52.9 Å². The van der Waals surface area contributed by atoms with Crippen LogP contribution in [0.1, 0.15) is 16.7 Å². The molecule has 2 nitrogen and oxygen atoms in total. The molecule has 0 N–H and O–H groups in total. The van der Waals surface area contributed by atoms with Crippen LogP contribution in [0.2, 0.25) is 5.02 Å². The summed E-state index contributed by atoms with van der Waals surface area (Å²) in [7, 11) is 0. The second-order valence-corrected chi connectivity index (χ2v) is 7.34. The highest BCUT2D eigenvalue weighted by molar-refractivity contribution is 14.1. The summed E-state index contributed by atoms with van der Waals surface area (Å²) >= 11 is 8.18. The Bertz CT molecular complexity index is 939. The van der Waals surface area contributed by atoms with E-state index in [1.54, 1.807) is 12.1 Å². The second kappa shape index (κ2) is 8.88. The third-order valence-corrected chi connectivity index (χ3v) is 4.76. The van der Waals surface area contributed by atoms with Gasteiger partial charge in [-0.05, 0) is 81.8 Å². The van der Waals surface area contributed by atoms with Crippen molar-refractivity contribution in [2.45, 2.75) is 6.61 Å². The predicted octanol–water partition coefficient (Wildman–Crippen LogP) is 6.59. The minimum atomic E-state index is 0.528. The summed E-state index contributed by atoms with van der Waals surface area (Å²) in [4.78, 5) is 0. The molecular formula is C22H15ClINO. The maximum Gasteiger partial charge on any atom is 0.119 e. The average Bonchev–Trinajstić information content (AvgIpc) is 2.67. The largest absolute Gasteiger partial charge is 0.489 e. The number of nitriles is 1. The number of rotatable bonds is 5. The molecule has 0 fully saturated rings. The van der Waals surface area contributed by atoms with E-state index < -0.39 is 0 Å². The smallest absolute Gasteiger partial charge is 0.119 e. The van der Waals surface area contributed by atoms with E-state index in [-0.39, 0.29) is 0 Å². The van der Waals surface area contributed by atoms with Gasteiger partial charge in [-0.2, -0.15) is 5.26 Å². The van der Waals surface area contributed by atoms with Crippen LogP contribution in [0.5, 0.6) is 5.75 Å². The van der Waals surface area contributed by atoms with Crippen LogP contribution < -0.4 is 4.74 Å². The normalized spacial score (nSPS) is 11.0. The summed E-state index contributed by atoms with van der Waals surface area (Å²) < 4.78 is 7.02. The number of nitrogens with zero attached hydrogens (tertiary/aromatic N) is 1. The summed E-state index contributed by atoms with van der Waals surface area (Å²) in [6.45, 7) is 0.528. The molecule has 0 spiro atoms. The third-order valence-electron chi connectivity index (χ3n) is 3.79. The summed E-state index contributed by atoms with van der Waals surface area (Å²) in [5.74, 6) is 0.797. The second-order valence-electron chi connectivity index (χ2n) is 5.66. The van der Waals surface area contributed by atoms with Gasteiger partial charge in [0.2, 0.25) is 0 Å². The first-order chi connectivity index (χ1) is 12.6. The molecule has 3 aromatic carbocycles. The first-order valence-corrected chi connectivity index (χ1v) is 9.45. The van der Waals surface area contributed by atoms with E-state index in [0.29, 0.717) is 17.2 Å². The Kier molecular flexibility index (Phi) is 6.32. The molecule has 0 amide bonds. The van der Waals surface area contributed by atoms with Gasteiger partial charge < -0.3 is 4.74 Å². The molecule has 0 saturated heterocycles. The van der Waals surface area contributed by atoms with Crippen molar-refractivity contribution in [1.82, 2.24) is 0 Å². The molecule has 0 saturated carbocycles. The summed E-state index contributed by atoms with van der Waals surface area (Å²) in [5, 5.41) is 10.1. The van der Waals surface area contributed by atoms with Crippen LogP contribution in [0.15, 0.2) is 72.8 Å². The van der Waals surface area contributed by atoms with Crippen molar-refractivity contribution in [3.63, 3.8) is 0 Å². The number of allylic oxidation sites excluding steroid dienone is 1. The highest BCUT2D eigenvalue weighted by Gasteiger charge is 2.02. The minimum Gasteiger partial charge on any atom is -0.489 e.